The van der Waals surface area contributed by atoms with Crippen LogP contribution in [-0.2, 0) is 19.4 Å². The minimum atomic E-state index is 0.729. The molecule has 2 aromatic rings. The summed E-state index contributed by atoms with van der Waals surface area (Å²) in [7, 11) is 0. The summed E-state index contributed by atoms with van der Waals surface area (Å²) < 4.78 is 2.57. The Bertz CT molecular complexity index is 593. The lowest BCUT2D eigenvalue weighted by Crippen LogP contribution is -2.10. The van der Waals surface area contributed by atoms with Crippen LogP contribution in [0, 0.1) is 11.8 Å². The lowest BCUT2D eigenvalue weighted by molar-refractivity contribution is 0.503. The van der Waals surface area contributed by atoms with Crippen molar-refractivity contribution in [3.05, 3.63) is 35.5 Å². The van der Waals surface area contributed by atoms with Crippen molar-refractivity contribution in [2.75, 3.05) is 6.54 Å². The van der Waals surface area contributed by atoms with Crippen molar-refractivity contribution < 1.29 is 0 Å². The number of nitrogens with two attached hydrogens (primary N) is 1. The van der Waals surface area contributed by atoms with E-state index >= 15 is 0 Å². The van der Waals surface area contributed by atoms with E-state index in [1.54, 1.807) is 0 Å². The molecule has 0 fully saturated rings. The Morgan fingerprint density at radius 3 is 2.27 bits per heavy atom. The Labute approximate surface area is 135 Å². The standard InChI is InChI=1S/C20H32N2/c1-15(2)9-10-20-18(11-13-21)17-7-5-6-8-19(17)22(20)14-12-16(3)4/h5-8,15-16H,9-14,21H2,1-4H3. The maximum atomic E-state index is 5.90. The summed E-state index contributed by atoms with van der Waals surface area (Å²) in [6.45, 7) is 11.1. The zero-order valence-electron chi connectivity index (χ0n) is 14.7. The minimum Gasteiger partial charge on any atom is -0.344 e. The van der Waals surface area contributed by atoms with E-state index in [1.807, 2.05) is 0 Å². The smallest absolute Gasteiger partial charge is 0.0485 e. The fraction of sp³-hybridized carbons (Fsp3) is 0.600. The average molecular weight is 300 g/mol. The molecule has 22 heavy (non-hydrogen) atoms. The van der Waals surface area contributed by atoms with Gasteiger partial charge in [0.15, 0.2) is 0 Å². The van der Waals surface area contributed by atoms with Gasteiger partial charge in [-0.3, -0.25) is 0 Å². The Hall–Kier alpha value is -1.28. The third kappa shape index (κ3) is 3.92. The van der Waals surface area contributed by atoms with E-state index in [9.17, 15) is 0 Å². The molecule has 0 unspecified atom stereocenters. The maximum absolute atomic E-state index is 5.90. The average Bonchev–Trinajstić information content (AvgIpc) is 2.77. The lowest BCUT2D eigenvalue weighted by atomic mass is 10.0. The van der Waals surface area contributed by atoms with Crippen molar-refractivity contribution in [1.82, 2.24) is 4.57 Å². The first-order chi connectivity index (χ1) is 10.5. The van der Waals surface area contributed by atoms with Crippen molar-refractivity contribution >= 4 is 10.9 Å². The highest BCUT2D eigenvalue weighted by Gasteiger charge is 2.16. The van der Waals surface area contributed by atoms with Crippen LogP contribution in [0.4, 0.5) is 0 Å². The van der Waals surface area contributed by atoms with E-state index in [2.05, 4.69) is 56.5 Å². The highest BCUT2D eigenvalue weighted by molar-refractivity contribution is 5.85. The van der Waals surface area contributed by atoms with Crippen molar-refractivity contribution in [1.29, 1.82) is 0 Å². The van der Waals surface area contributed by atoms with Crippen LogP contribution in [0.2, 0.25) is 0 Å². The molecule has 1 aromatic carbocycles. The van der Waals surface area contributed by atoms with Crippen molar-refractivity contribution in [2.24, 2.45) is 17.6 Å². The molecule has 0 saturated heterocycles. The first-order valence-corrected chi connectivity index (χ1v) is 8.83. The zero-order valence-corrected chi connectivity index (χ0v) is 14.7. The first-order valence-electron chi connectivity index (χ1n) is 8.83. The molecule has 2 nitrogen and oxygen atoms in total. The third-order valence-corrected chi connectivity index (χ3v) is 4.48. The van der Waals surface area contributed by atoms with E-state index in [0.717, 1.165) is 31.3 Å². The number of rotatable bonds is 8. The molecule has 2 N–H and O–H groups in total. The van der Waals surface area contributed by atoms with Gasteiger partial charge in [0.1, 0.15) is 0 Å². The van der Waals surface area contributed by atoms with Crippen LogP contribution < -0.4 is 5.73 Å². The predicted molar refractivity (Wildman–Crippen MR) is 97.3 cm³/mol. The molecule has 0 atom stereocenters. The molecule has 0 aliphatic carbocycles. The Morgan fingerprint density at radius 1 is 0.955 bits per heavy atom. The van der Waals surface area contributed by atoms with Crippen LogP contribution in [0.25, 0.3) is 10.9 Å². The van der Waals surface area contributed by atoms with Crippen LogP contribution >= 0.6 is 0 Å². The molecule has 0 amide bonds. The van der Waals surface area contributed by atoms with Gasteiger partial charge in [-0.25, -0.2) is 0 Å². The molecule has 0 radical (unpaired) electrons. The fourth-order valence-electron chi connectivity index (χ4n) is 3.21. The van der Waals surface area contributed by atoms with E-state index in [-0.39, 0.29) is 0 Å². The van der Waals surface area contributed by atoms with Gasteiger partial charge in [0.05, 0.1) is 0 Å². The number of aryl methyl sites for hydroxylation is 1. The van der Waals surface area contributed by atoms with E-state index in [0.29, 0.717) is 0 Å². The second kappa shape index (κ2) is 7.82. The summed E-state index contributed by atoms with van der Waals surface area (Å²) in [6.07, 6.45) is 4.63. The number of hydrogen-bond acceptors (Lipinski definition) is 1. The molecule has 0 aliphatic rings. The summed E-state index contributed by atoms with van der Waals surface area (Å²) in [6, 6.07) is 8.85. The van der Waals surface area contributed by atoms with Crippen LogP contribution in [0.3, 0.4) is 0 Å². The molecule has 2 rings (SSSR count). The van der Waals surface area contributed by atoms with Crippen LogP contribution in [0.15, 0.2) is 24.3 Å². The van der Waals surface area contributed by atoms with Crippen LogP contribution in [-0.4, -0.2) is 11.1 Å². The summed E-state index contributed by atoms with van der Waals surface area (Å²) in [5, 5.41) is 1.41. The van der Waals surface area contributed by atoms with Gasteiger partial charge in [-0.1, -0.05) is 45.9 Å². The van der Waals surface area contributed by atoms with Crippen LogP contribution in [0.1, 0.15) is 51.8 Å². The second-order valence-electron chi connectivity index (χ2n) is 7.25. The van der Waals surface area contributed by atoms with Crippen molar-refractivity contribution in [3.63, 3.8) is 0 Å². The fourth-order valence-corrected chi connectivity index (χ4v) is 3.21. The normalized spacial score (nSPS) is 12.0. The number of hydrogen-bond donors (Lipinski definition) is 1. The Balaban J connectivity index is 2.48. The molecule has 0 aliphatic heterocycles. The highest BCUT2D eigenvalue weighted by Crippen LogP contribution is 2.29. The molecule has 0 bridgehead atoms. The largest absolute Gasteiger partial charge is 0.344 e. The Kier molecular flexibility index (Phi) is 6.07. The highest BCUT2D eigenvalue weighted by atomic mass is 15.0. The third-order valence-electron chi connectivity index (χ3n) is 4.48. The lowest BCUT2D eigenvalue weighted by Gasteiger charge is -2.15. The summed E-state index contributed by atoms with van der Waals surface area (Å²) in [4.78, 5) is 0. The van der Waals surface area contributed by atoms with E-state index < -0.39 is 0 Å². The SMILES string of the molecule is CC(C)CCc1c(CCN)c2ccccc2n1CCC(C)C. The molecular weight excluding hydrogens is 268 g/mol. The number of fused-ring (bicyclic) bond motifs is 1. The number of aromatic nitrogens is 1. The van der Waals surface area contributed by atoms with Gasteiger partial charge in [-0.05, 0) is 55.7 Å². The molecule has 1 aromatic heterocycles. The molecule has 1 heterocycles. The minimum absolute atomic E-state index is 0.729. The van der Waals surface area contributed by atoms with Crippen molar-refractivity contribution in [2.45, 2.75) is 59.9 Å². The second-order valence-corrected chi connectivity index (χ2v) is 7.25. The first kappa shape index (κ1) is 17.1. The predicted octanol–water partition coefficient (Wildman–Crippen LogP) is 4.78. The molecule has 0 spiro atoms. The maximum Gasteiger partial charge on any atom is 0.0485 e. The topological polar surface area (TPSA) is 30.9 Å². The van der Waals surface area contributed by atoms with Crippen molar-refractivity contribution in [3.8, 4) is 0 Å². The van der Waals surface area contributed by atoms with E-state index in [4.69, 9.17) is 5.73 Å². The molecule has 122 valence electrons. The molecular formula is C20H32N2. The van der Waals surface area contributed by atoms with E-state index in [1.165, 1.54) is 41.4 Å². The number of benzene rings is 1. The van der Waals surface area contributed by atoms with Gasteiger partial charge >= 0.3 is 0 Å². The van der Waals surface area contributed by atoms with Gasteiger partial charge in [-0.15, -0.1) is 0 Å². The number of para-hydroxylation sites is 1. The summed E-state index contributed by atoms with van der Waals surface area (Å²) in [5.74, 6) is 1.47. The zero-order chi connectivity index (χ0) is 16.1. The van der Waals surface area contributed by atoms with Gasteiger partial charge < -0.3 is 10.3 Å². The quantitative estimate of drug-likeness (QED) is 0.747. The number of nitrogens with zero attached hydrogens (tertiary/aromatic N) is 1. The summed E-state index contributed by atoms with van der Waals surface area (Å²) in [5.41, 5.74) is 10.3. The van der Waals surface area contributed by atoms with Gasteiger partial charge in [0, 0.05) is 23.1 Å². The van der Waals surface area contributed by atoms with Gasteiger partial charge in [0.2, 0.25) is 0 Å². The molecule has 0 saturated carbocycles. The monoisotopic (exact) mass is 300 g/mol. The van der Waals surface area contributed by atoms with Gasteiger partial charge in [-0.2, -0.15) is 0 Å². The molecule has 2 heteroatoms. The Morgan fingerprint density at radius 2 is 1.64 bits per heavy atom. The summed E-state index contributed by atoms with van der Waals surface area (Å²) >= 11 is 0. The van der Waals surface area contributed by atoms with Crippen LogP contribution in [0.5, 0.6) is 0 Å². The van der Waals surface area contributed by atoms with Gasteiger partial charge in [0.25, 0.3) is 0 Å².